The minimum absolute atomic E-state index is 0.0652. The molecule has 8 heteroatoms. The molecule has 1 atom stereocenters. The normalized spacial score (nSPS) is 11.6. The number of aromatic carboxylic acids is 1. The molecule has 3 aromatic carbocycles. The van der Waals surface area contributed by atoms with E-state index in [0.717, 1.165) is 11.6 Å². The second-order valence-corrected chi connectivity index (χ2v) is 8.47. The fraction of sp³-hybridized carbons (Fsp3) is 0.172. The van der Waals surface area contributed by atoms with E-state index >= 15 is 0 Å². The minimum atomic E-state index is -1.06. The van der Waals surface area contributed by atoms with E-state index in [1.54, 1.807) is 42.0 Å². The first kappa shape index (κ1) is 25.7. The molecule has 4 rings (SSSR count). The van der Waals surface area contributed by atoms with Crippen LogP contribution < -0.4 is 9.47 Å². The first-order valence-corrected chi connectivity index (χ1v) is 11.6. The van der Waals surface area contributed by atoms with Crippen LogP contribution in [0.5, 0.6) is 17.2 Å². The molecule has 37 heavy (non-hydrogen) atoms. The molecule has 0 aliphatic heterocycles. The predicted molar refractivity (Wildman–Crippen MR) is 136 cm³/mol. The zero-order valence-corrected chi connectivity index (χ0v) is 20.4. The van der Waals surface area contributed by atoms with Gasteiger partial charge in [0.25, 0.3) is 0 Å². The molecular weight excluding hydrogens is 477 g/mol. The van der Waals surface area contributed by atoms with E-state index in [4.69, 9.17) is 14.2 Å². The van der Waals surface area contributed by atoms with Gasteiger partial charge in [-0.05, 0) is 55.0 Å². The molecule has 0 aliphatic rings. The summed E-state index contributed by atoms with van der Waals surface area (Å²) in [6, 6.07) is 21.8. The zero-order valence-electron chi connectivity index (χ0n) is 20.4. The van der Waals surface area contributed by atoms with Crippen molar-refractivity contribution in [3.63, 3.8) is 0 Å². The van der Waals surface area contributed by atoms with Crippen molar-refractivity contribution in [3.05, 3.63) is 102 Å². The van der Waals surface area contributed by atoms with Crippen molar-refractivity contribution >= 4 is 12.3 Å². The maximum Gasteiger partial charge on any atom is 0.352 e. The molecule has 0 radical (unpaired) electrons. The third-order valence-electron chi connectivity index (χ3n) is 5.62. The monoisotopic (exact) mass is 503 g/mol. The van der Waals surface area contributed by atoms with Gasteiger partial charge in [-0.25, -0.2) is 9.18 Å². The predicted octanol–water partition coefficient (Wildman–Crippen LogP) is 6.06. The van der Waals surface area contributed by atoms with Gasteiger partial charge in [-0.1, -0.05) is 30.3 Å². The molecular formula is C29H26FNO6. The van der Waals surface area contributed by atoms with Crippen molar-refractivity contribution in [1.29, 1.82) is 0 Å². The molecule has 0 saturated heterocycles. The summed E-state index contributed by atoms with van der Waals surface area (Å²) in [6.45, 7) is 2.51. The third kappa shape index (κ3) is 6.23. The van der Waals surface area contributed by atoms with Gasteiger partial charge in [-0.15, -0.1) is 0 Å². The molecule has 4 aromatic rings. The number of halogens is 1. The number of hydrogen-bond donors (Lipinski definition) is 1. The van der Waals surface area contributed by atoms with Crippen molar-refractivity contribution in [2.75, 3.05) is 13.7 Å². The van der Waals surface area contributed by atoms with Crippen LogP contribution in [0.15, 0.2) is 78.9 Å². The Labute approximate surface area is 213 Å². The van der Waals surface area contributed by atoms with Gasteiger partial charge in [-0.2, -0.15) is 0 Å². The van der Waals surface area contributed by atoms with Crippen LogP contribution >= 0.6 is 0 Å². The molecule has 0 spiro atoms. The number of methoxy groups -OCH3 is 1. The van der Waals surface area contributed by atoms with E-state index in [1.165, 1.54) is 12.1 Å². The van der Waals surface area contributed by atoms with Crippen LogP contribution in [0.25, 0.3) is 11.3 Å². The number of carbonyl (C=O) groups is 2. The van der Waals surface area contributed by atoms with Crippen LogP contribution in [-0.4, -0.2) is 41.7 Å². The van der Waals surface area contributed by atoms with E-state index in [1.807, 2.05) is 37.3 Å². The number of carboxylic acid groups (broad SMARTS) is 1. The van der Waals surface area contributed by atoms with Gasteiger partial charge in [0.15, 0.2) is 11.6 Å². The Morgan fingerprint density at radius 1 is 1.03 bits per heavy atom. The first-order valence-electron chi connectivity index (χ1n) is 11.6. The lowest BCUT2D eigenvalue weighted by Crippen LogP contribution is -2.18. The van der Waals surface area contributed by atoms with Gasteiger partial charge in [0.1, 0.15) is 29.6 Å². The highest BCUT2D eigenvalue weighted by Crippen LogP contribution is 2.35. The van der Waals surface area contributed by atoms with Crippen molar-refractivity contribution in [1.82, 2.24) is 4.57 Å². The topological polar surface area (TPSA) is 87.0 Å². The smallest absolute Gasteiger partial charge is 0.352 e. The number of aromatic nitrogens is 1. The molecule has 0 fully saturated rings. The quantitative estimate of drug-likeness (QED) is 0.251. The van der Waals surface area contributed by atoms with Gasteiger partial charge in [0.2, 0.25) is 0 Å². The lowest BCUT2D eigenvalue weighted by Gasteiger charge is -2.18. The highest BCUT2D eigenvalue weighted by atomic mass is 19.1. The second-order valence-electron chi connectivity index (χ2n) is 8.47. The molecule has 1 heterocycles. The molecule has 0 unspecified atom stereocenters. The lowest BCUT2D eigenvalue weighted by molar-refractivity contribution is 0.0685. The Balaban J connectivity index is 1.79. The summed E-state index contributed by atoms with van der Waals surface area (Å²) in [5.74, 6) is -1.10. The van der Waals surface area contributed by atoms with Gasteiger partial charge in [-0.3, -0.25) is 4.79 Å². The summed E-state index contributed by atoms with van der Waals surface area (Å²) < 4.78 is 33.3. The standard InChI is InChI=1S/C29H26FNO6/c1-19(18-35-2)36-23-13-22(14-24(15-23)37-28-11-8-21(17-32)12-25(28)30)26-9-10-27(29(33)34)31(26)16-20-6-4-3-5-7-20/h3-15,17,19H,16,18H2,1-2H3,(H,33,34)/t19-/m0/s1. The van der Waals surface area contributed by atoms with Crippen LogP contribution in [0.3, 0.4) is 0 Å². The van der Waals surface area contributed by atoms with E-state index in [9.17, 15) is 19.1 Å². The van der Waals surface area contributed by atoms with Gasteiger partial charge >= 0.3 is 5.97 Å². The Kier molecular flexibility index (Phi) is 8.00. The Bertz CT molecular complexity index is 1400. The fourth-order valence-electron chi connectivity index (χ4n) is 3.99. The third-order valence-corrected chi connectivity index (χ3v) is 5.62. The molecule has 0 aliphatic carbocycles. The van der Waals surface area contributed by atoms with E-state index in [-0.39, 0.29) is 28.9 Å². The van der Waals surface area contributed by atoms with Crippen molar-refractivity contribution in [3.8, 4) is 28.5 Å². The molecule has 0 amide bonds. The average molecular weight is 504 g/mol. The fourth-order valence-corrected chi connectivity index (χ4v) is 3.99. The summed E-state index contributed by atoms with van der Waals surface area (Å²) in [4.78, 5) is 23.0. The van der Waals surface area contributed by atoms with Crippen molar-refractivity contribution < 1.29 is 33.3 Å². The summed E-state index contributed by atoms with van der Waals surface area (Å²) in [7, 11) is 1.57. The average Bonchev–Trinajstić information content (AvgIpc) is 3.29. The molecule has 0 saturated carbocycles. The number of hydrogen-bond acceptors (Lipinski definition) is 5. The van der Waals surface area contributed by atoms with E-state index in [2.05, 4.69) is 0 Å². The van der Waals surface area contributed by atoms with E-state index in [0.29, 0.717) is 36.4 Å². The largest absolute Gasteiger partial charge is 0.488 e. The van der Waals surface area contributed by atoms with Crippen LogP contribution in [0.2, 0.25) is 0 Å². The summed E-state index contributed by atoms with van der Waals surface area (Å²) >= 11 is 0. The number of benzene rings is 3. The number of ether oxygens (including phenoxy) is 3. The summed E-state index contributed by atoms with van der Waals surface area (Å²) in [6.07, 6.45) is 0.264. The maximum atomic E-state index is 14.6. The lowest BCUT2D eigenvalue weighted by atomic mass is 10.1. The Hall–Kier alpha value is -4.43. The van der Waals surface area contributed by atoms with Crippen molar-refractivity contribution in [2.24, 2.45) is 0 Å². The number of nitrogens with zero attached hydrogens (tertiary/aromatic N) is 1. The SMILES string of the molecule is COC[C@H](C)Oc1cc(Oc2ccc(C=O)cc2F)cc(-c2ccc(C(=O)O)n2Cc2ccccc2)c1. The zero-order chi connectivity index (χ0) is 26.4. The first-order chi connectivity index (χ1) is 17.9. The van der Waals surface area contributed by atoms with E-state index < -0.39 is 11.8 Å². The minimum Gasteiger partial charge on any atom is -0.488 e. The number of aldehydes is 1. The highest BCUT2D eigenvalue weighted by molar-refractivity contribution is 5.87. The number of rotatable bonds is 11. The van der Waals surface area contributed by atoms with Crippen LogP contribution in [0.4, 0.5) is 4.39 Å². The Morgan fingerprint density at radius 3 is 2.46 bits per heavy atom. The Morgan fingerprint density at radius 2 is 1.78 bits per heavy atom. The summed E-state index contributed by atoms with van der Waals surface area (Å²) in [5, 5.41) is 9.81. The van der Waals surface area contributed by atoms with Crippen molar-refractivity contribution in [2.45, 2.75) is 19.6 Å². The molecule has 190 valence electrons. The van der Waals surface area contributed by atoms with Gasteiger partial charge in [0.05, 0.1) is 6.61 Å². The van der Waals surface area contributed by atoms with Crippen LogP contribution in [0, 0.1) is 5.82 Å². The molecule has 7 nitrogen and oxygen atoms in total. The highest BCUT2D eigenvalue weighted by Gasteiger charge is 2.18. The van der Waals surface area contributed by atoms with Crippen LogP contribution in [-0.2, 0) is 11.3 Å². The van der Waals surface area contributed by atoms with Crippen LogP contribution in [0.1, 0.15) is 33.3 Å². The number of carboxylic acids is 1. The second kappa shape index (κ2) is 11.5. The summed E-state index contributed by atoms with van der Waals surface area (Å²) in [5.41, 5.74) is 2.47. The van der Waals surface area contributed by atoms with Gasteiger partial charge < -0.3 is 23.9 Å². The molecule has 1 aromatic heterocycles. The number of carbonyl (C=O) groups excluding carboxylic acids is 1. The van der Waals surface area contributed by atoms with Gasteiger partial charge in [0, 0.05) is 36.5 Å². The maximum absolute atomic E-state index is 14.6. The molecule has 1 N–H and O–H groups in total. The molecule has 0 bridgehead atoms.